The van der Waals surface area contributed by atoms with Gasteiger partial charge in [-0.15, -0.1) is 0 Å². The summed E-state index contributed by atoms with van der Waals surface area (Å²) < 4.78 is 16.8. The molecule has 1 unspecified atom stereocenters. The summed E-state index contributed by atoms with van der Waals surface area (Å²) in [5.41, 5.74) is 0. The van der Waals surface area contributed by atoms with Gasteiger partial charge in [0, 0.05) is 19.3 Å². The zero-order valence-electron chi connectivity index (χ0n) is 52.9. The Hall–Kier alpha value is -2.89. The Morgan fingerprint density at radius 2 is 0.456 bits per heavy atom. The van der Waals surface area contributed by atoms with Crippen LogP contribution < -0.4 is 0 Å². The van der Waals surface area contributed by atoms with Gasteiger partial charge in [-0.05, 0) is 89.9 Å². The highest BCUT2D eigenvalue weighted by Gasteiger charge is 2.19. The Labute approximate surface area is 491 Å². The fourth-order valence-corrected chi connectivity index (χ4v) is 10.2. The molecule has 79 heavy (non-hydrogen) atoms. The van der Waals surface area contributed by atoms with E-state index in [1.54, 1.807) is 0 Å². The molecule has 0 aliphatic carbocycles. The van der Waals surface area contributed by atoms with Gasteiger partial charge in [0.25, 0.3) is 0 Å². The number of allylic oxidation sites excluding steroid dienone is 10. The number of hydrogen-bond donors (Lipinski definition) is 0. The summed E-state index contributed by atoms with van der Waals surface area (Å²) in [5, 5.41) is 0. The SMILES string of the molecule is CCCCC/C=C\C/C=C\C/C=C\CCCCCCCCC(=O)OC(COC(=O)CCCCCCCCC)COC(=O)CCCCCCCCCCCCCCCCCCCCCCCCC/C=C\C/C=C\CCCCCCC. The van der Waals surface area contributed by atoms with Gasteiger partial charge in [-0.3, -0.25) is 14.4 Å². The van der Waals surface area contributed by atoms with Crippen LogP contribution in [0.15, 0.2) is 60.8 Å². The van der Waals surface area contributed by atoms with Gasteiger partial charge in [0.05, 0.1) is 0 Å². The molecule has 460 valence electrons. The van der Waals surface area contributed by atoms with Gasteiger partial charge in [0.15, 0.2) is 6.10 Å². The van der Waals surface area contributed by atoms with Crippen LogP contribution in [0.5, 0.6) is 0 Å². The molecule has 0 aliphatic rings. The molecule has 0 spiro atoms. The second-order valence-electron chi connectivity index (χ2n) is 23.4. The van der Waals surface area contributed by atoms with Crippen molar-refractivity contribution in [3.05, 3.63) is 60.8 Å². The van der Waals surface area contributed by atoms with E-state index in [-0.39, 0.29) is 31.1 Å². The van der Waals surface area contributed by atoms with E-state index in [9.17, 15) is 14.4 Å². The minimum absolute atomic E-state index is 0.0753. The van der Waals surface area contributed by atoms with Crippen molar-refractivity contribution in [2.45, 2.75) is 374 Å². The van der Waals surface area contributed by atoms with Crippen molar-refractivity contribution in [1.29, 1.82) is 0 Å². The van der Waals surface area contributed by atoms with Crippen LogP contribution in [0, 0.1) is 0 Å². The Bertz CT molecular complexity index is 1410. The van der Waals surface area contributed by atoms with E-state index in [1.807, 2.05) is 0 Å². The van der Waals surface area contributed by atoms with Gasteiger partial charge in [-0.2, -0.15) is 0 Å². The lowest BCUT2D eigenvalue weighted by molar-refractivity contribution is -0.167. The molecule has 0 bridgehead atoms. The molecule has 0 aromatic rings. The van der Waals surface area contributed by atoms with E-state index in [2.05, 4.69) is 81.5 Å². The molecule has 0 N–H and O–H groups in total. The van der Waals surface area contributed by atoms with Crippen molar-refractivity contribution in [1.82, 2.24) is 0 Å². The van der Waals surface area contributed by atoms with Crippen molar-refractivity contribution in [3.63, 3.8) is 0 Å². The van der Waals surface area contributed by atoms with E-state index >= 15 is 0 Å². The largest absolute Gasteiger partial charge is 0.462 e. The summed E-state index contributed by atoms with van der Waals surface area (Å²) in [7, 11) is 0. The zero-order valence-corrected chi connectivity index (χ0v) is 52.9. The van der Waals surface area contributed by atoms with Crippen LogP contribution in [0.4, 0.5) is 0 Å². The Balaban J connectivity index is 3.97. The van der Waals surface area contributed by atoms with Crippen LogP contribution in [0.1, 0.15) is 367 Å². The summed E-state index contributed by atoms with van der Waals surface area (Å²) in [6, 6.07) is 0. The second kappa shape index (κ2) is 67.6. The molecule has 0 heterocycles. The standard InChI is InChI=1S/C73H132O6/c1-4-7-10-13-16-18-20-22-24-26-28-29-30-31-32-33-34-35-36-37-38-39-40-41-42-43-45-46-48-50-52-54-57-60-63-66-72(75)78-69-70(68-77-71(74)65-62-59-56-15-12-9-6-3)79-73(76)67-64-61-58-55-53-51-49-47-44-27-25-23-21-19-17-14-11-8-5-2/h17,19-20,22-23,25-26,28,44,47,70H,4-16,18,21,24,27,29-43,45-46,48-69H2,1-3H3/b19-17-,22-20-,25-23-,28-26-,47-44-. The lowest BCUT2D eigenvalue weighted by Crippen LogP contribution is -2.30. The molecule has 0 saturated carbocycles. The smallest absolute Gasteiger partial charge is 0.306 e. The lowest BCUT2D eigenvalue weighted by Gasteiger charge is -2.18. The quantitative estimate of drug-likeness (QED) is 0.0261. The van der Waals surface area contributed by atoms with Gasteiger partial charge in [0.1, 0.15) is 13.2 Å². The highest BCUT2D eigenvalue weighted by atomic mass is 16.6. The van der Waals surface area contributed by atoms with E-state index in [1.165, 1.54) is 244 Å². The van der Waals surface area contributed by atoms with Crippen LogP contribution in [-0.2, 0) is 28.6 Å². The average molecular weight is 1110 g/mol. The molecule has 1 atom stereocenters. The lowest BCUT2D eigenvalue weighted by atomic mass is 10.0. The molecule has 0 aromatic heterocycles. The van der Waals surface area contributed by atoms with Gasteiger partial charge in [-0.1, -0.05) is 319 Å². The van der Waals surface area contributed by atoms with Crippen LogP contribution in [0.25, 0.3) is 0 Å². The molecule has 0 rings (SSSR count). The Morgan fingerprint density at radius 1 is 0.253 bits per heavy atom. The summed E-state index contributed by atoms with van der Waals surface area (Å²) >= 11 is 0. The van der Waals surface area contributed by atoms with Gasteiger partial charge >= 0.3 is 17.9 Å². The molecule has 0 saturated heterocycles. The first-order chi connectivity index (χ1) is 39.0. The van der Waals surface area contributed by atoms with Crippen molar-refractivity contribution in [3.8, 4) is 0 Å². The van der Waals surface area contributed by atoms with Crippen LogP contribution in [0.3, 0.4) is 0 Å². The first-order valence-electron chi connectivity index (χ1n) is 34.8. The maximum atomic E-state index is 12.9. The number of ether oxygens (including phenoxy) is 3. The predicted octanol–water partition coefficient (Wildman–Crippen LogP) is 23.9. The highest BCUT2D eigenvalue weighted by molar-refractivity contribution is 5.71. The summed E-state index contributed by atoms with van der Waals surface area (Å²) in [5.74, 6) is -0.876. The summed E-state index contributed by atoms with van der Waals surface area (Å²) in [6.45, 7) is 6.59. The third-order valence-corrected chi connectivity index (χ3v) is 15.5. The third-order valence-electron chi connectivity index (χ3n) is 15.5. The topological polar surface area (TPSA) is 78.9 Å². The summed E-state index contributed by atoms with van der Waals surface area (Å²) in [6.07, 6.45) is 87.2. The van der Waals surface area contributed by atoms with Crippen molar-refractivity contribution >= 4 is 17.9 Å². The maximum Gasteiger partial charge on any atom is 0.306 e. The molecule has 0 aromatic carbocycles. The summed E-state index contributed by atoms with van der Waals surface area (Å²) in [4.78, 5) is 38.1. The van der Waals surface area contributed by atoms with Gasteiger partial charge in [-0.25, -0.2) is 0 Å². The van der Waals surface area contributed by atoms with E-state index in [4.69, 9.17) is 14.2 Å². The fourth-order valence-electron chi connectivity index (χ4n) is 10.2. The van der Waals surface area contributed by atoms with Crippen LogP contribution in [-0.4, -0.2) is 37.2 Å². The number of carbonyl (C=O) groups excluding carboxylic acids is 3. The monoisotopic (exact) mass is 1110 g/mol. The van der Waals surface area contributed by atoms with Gasteiger partial charge < -0.3 is 14.2 Å². The zero-order chi connectivity index (χ0) is 57.1. The van der Waals surface area contributed by atoms with Crippen molar-refractivity contribution in [2.24, 2.45) is 0 Å². The molecular weight excluding hydrogens is 973 g/mol. The van der Waals surface area contributed by atoms with E-state index in [0.29, 0.717) is 19.3 Å². The van der Waals surface area contributed by atoms with Crippen LogP contribution in [0.2, 0.25) is 0 Å². The minimum Gasteiger partial charge on any atom is -0.462 e. The average Bonchev–Trinajstić information content (AvgIpc) is 3.45. The Kier molecular flexibility index (Phi) is 65.1. The molecule has 6 nitrogen and oxygen atoms in total. The number of hydrogen-bond acceptors (Lipinski definition) is 6. The number of unbranched alkanes of at least 4 members (excludes halogenated alkanes) is 43. The van der Waals surface area contributed by atoms with E-state index in [0.717, 1.165) is 83.5 Å². The molecule has 6 heteroatoms. The highest BCUT2D eigenvalue weighted by Crippen LogP contribution is 2.18. The number of carbonyl (C=O) groups is 3. The van der Waals surface area contributed by atoms with Crippen LogP contribution >= 0.6 is 0 Å². The van der Waals surface area contributed by atoms with Crippen molar-refractivity contribution < 1.29 is 28.6 Å². The fraction of sp³-hybridized carbons (Fsp3) is 0.822. The normalized spacial score (nSPS) is 12.4. The molecule has 0 amide bonds. The first kappa shape index (κ1) is 76.1. The predicted molar refractivity (Wildman–Crippen MR) is 344 cm³/mol. The first-order valence-corrected chi connectivity index (χ1v) is 34.8. The van der Waals surface area contributed by atoms with E-state index < -0.39 is 6.10 Å². The third kappa shape index (κ3) is 65.8. The maximum absolute atomic E-state index is 12.9. The second-order valence-corrected chi connectivity index (χ2v) is 23.4. The minimum atomic E-state index is -0.777. The molecular formula is C73H132O6. The Morgan fingerprint density at radius 3 is 0.734 bits per heavy atom. The molecule has 0 aliphatic heterocycles. The molecule has 0 radical (unpaired) electrons. The number of rotatable bonds is 64. The van der Waals surface area contributed by atoms with Crippen molar-refractivity contribution in [2.75, 3.05) is 13.2 Å². The molecule has 0 fully saturated rings. The number of esters is 3. The van der Waals surface area contributed by atoms with Gasteiger partial charge in [0.2, 0.25) is 0 Å².